The number of ether oxygens (including phenoxy) is 1. The van der Waals surface area contributed by atoms with Gasteiger partial charge in [-0.2, -0.15) is 0 Å². The van der Waals surface area contributed by atoms with Gasteiger partial charge in [-0.25, -0.2) is 0 Å². The van der Waals surface area contributed by atoms with Crippen LogP contribution in [-0.4, -0.2) is 30.2 Å². The van der Waals surface area contributed by atoms with Crippen LogP contribution in [0.15, 0.2) is 59.1 Å². The number of hydrogen-bond acceptors (Lipinski definition) is 5. The summed E-state index contributed by atoms with van der Waals surface area (Å²) in [6, 6.07) is 17.1. The summed E-state index contributed by atoms with van der Waals surface area (Å²) >= 11 is 0. The zero-order valence-electron chi connectivity index (χ0n) is 13.6. The Hall–Kier alpha value is -3.15. The lowest BCUT2D eigenvalue weighted by Gasteiger charge is -2.06. The maximum Gasteiger partial charge on any atom is 0.312 e. The van der Waals surface area contributed by atoms with Gasteiger partial charge < -0.3 is 14.6 Å². The molecule has 1 amide bonds. The van der Waals surface area contributed by atoms with Crippen molar-refractivity contribution in [2.45, 2.75) is 12.8 Å². The maximum atomic E-state index is 11.9. The van der Waals surface area contributed by atoms with Crippen molar-refractivity contribution < 1.29 is 18.8 Å². The van der Waals surface area contributed by atoms with Gasteiger partial charge in [0.1, 0.15) is 5.69 Å². The van der Waals surface area contributed by atoms with Gasteiger partial charge in [0.25, 0.3) is 5.91 Å². The molecule has 3 rings (SSSR count). The van der Waals surface area contributed by atoms with Gasteiger partial charge in [-0.15, -0.1) is 0 Å². The van der Waals surface area contributed by atoms with Gasteiger partial charge in [0.2, 0.25) is 0 Å². The highest BCUT2D eigenvalue weighted by atomic mass is 16.5. The maximum absolute atomic E-state index is 11.9. The van der Waals surface area contributed by atoms with E-state index in [9.17, 15) is 9.59 Å². The predicted octanol–water partition coefficient (Wildman–Crippen LogP) is 2.27. The van der Waals surface area contributed by atoms with E-state index in [-0.39, 0.29) is 18.9 Å². The fourth-order valence-corrected chi connectivity index (χ4v) is 2.44. The van der Waals surface area contributed by atoms with Gasteiger partial charge >= 0.3 is 5.97 Å². The Balaban J connectivity index is 1.40. The lowest BCUT2D eigenvalue weighted by Crippen LogP contribution is -2.30. The summed E-state index contributed by atoms with van der Waals surface area (Å²) in [7, 11) is 0. The number of fused-ring (bicyclic) bond motifs is 1. The summed E-state index contributed by atoms with van der Waals surface area (Å²) in [5.41, 5.74) is 2.26. The first kappa shape index (κ1) is 16.7. The number of rotatable bonds is 7. The summed E-state index contributed by atoms with van der Waals surface area (Å²) < 4.78 is 10.1. The number of nitrogens with one attached hydrogen (secondary N) is 1. The molecule has 3 aromatic rings. The van der Waals surface area contributed by atoms with E-state index in [1.165, 1.54) is 0 Å². The van der Waals surface area contributed by atoms with Gasteiger partial charge in [0, 0.05) is 11.9 Å². The van der Waals surface area contributed by atoms with Gasteiger partial charge in [0.15, 0.2) is 12.2 Å². The number of carbonyl (C=O) groups excluding carboxylic acids is 2. The SMILES string of the molecule is O=C(COC(=O)Cc1noc2ccccc12)NCCc1ccccc1. The minimum absolute atomic E-state index is 0.0334. The molecule has 1 N–H and O–H groups in total. The minimum atomic E-state index is -0.516. The number of benzene rings is 2. The molecule has 0 saturated heterocycles. The van der Waals surface area contributed by atoms with Crippen LogP contribution in [0.1, 0.15) is 11.3 Å². The molecule has 1 heterocycles. The Bertz CT molecular complexity index is 858. The third-order valence-corrected chi connectivity index (χ3v) is 3.71. The van der Waals surface area contributed by atoms with Crippen LogP contribution >= 0.6 is 0 Å². The summed E-state index contributed by atoms with van der Waals surface area (Å²) in [5, 5.41) is 7.36. The molecule has 0 fully saturated rings. The average Bonchev–Trinajstić information content (AvgIpc) is 3.04. The molecule has 0 aliphatic heterocycles. The molecular weight excluding hydrogens is 320 g/mol. The van der Waals surface area contributed by atoms with Crippen LogP contribution in [0.3, 0.4) is 0 Å². The molecule has 0 unspecified atom stereocenters. The number of nitrogens with zero attached hydrogens (tertiary/aromatic N) is 1. The van der Waals surface area contributed by atoms with Crippen molar-refractivity contribution in [1.82, 2.24) is 10.5 Å². The van der Waals surface area contributed by atoms with Crippen LogP contribution in [-0.2, 0) is 27.2 Å². The van der Waals surface area contributed by atoms with Crippen molar-refractivity contribution in [2.75, 3.05) is 13.2 Å². The van der Waals surface area contributed by atoms with E-state index in [1.54, 1.807) is 6.07 Å². The molecule has 0 radical (unpaired) electrons. The fraction of sp³-hybridized carbons (Fsp3) is 0.211. The molecule has 128 valence electrons. The van der Waals surface area contributed by atoms with Crippen molar-refractivity contribution in [3.8, 4) is 0 Å². The number of carbonyl (C=O) groups is 2. The number of aromatic nitrogens is 1. The number of hydrogen-bond donors (Lipinski definition) is 1. The Kier molecular flexibility index (Phi) is 5.41. The van der Waals surface area contributed by atoms with E-state index < -0.39 is 5.97 Å². The van der Waals surface area contributed by atoms with Crippen molar-refractivity contribution in [3.05, 3.63) is 65.9 Å². The molecule has 0 aliphatic rings. The lowest BCUT2D eigenvalue weighted by atomic mass is 10.1. The van der Waals surface area contributed by atoms with Crippen molar-refractivity contribution in [3.63, 3.8) is 0 Å². The molecule has 25 heavy (non-hydrogen) atoms. The minimum Gasteiger partial charge on any atom is -0.455 e. The summed E-state index contributed by atoms with van der Waals surface area (Å²) in [5.74, 6) is -0.841. The zero-order chi connectivity index (χ0) is 17.5. The van der Waals surface area contributed by atoms with E-state index in [2.05, 4.69) is 10.5 Å². The monoisotopic (exact) mass is 338 g/mol. The van der Waals surface area contributed by atoms with Crippen LogP contribution in [0, 0.1) is 0 Å². The van der Waals surface area contributed by atoms with Crippen molar-refractivity contribution in [1.29, 1.82) is 0 Å². The molecule has 0 aliphatic carbocycles. The molecule has 0 spiro atoms. The van der Waals surface area contributed by atoms with E-state index in [1.807, 2.05) is 48.5 Å². The Morgan fingerprint density at radius 1 is 1.04 bits per heavy atom. The van der Waals surface area contributed by atoms with Crippen LogP contribution < -0.4 is 5.32 Å². The highest BCUT2D eigenvalue weighted by Crippen LogP contribution is 2.18. The first-order chi connectivity index (χ1) is 12.2. The highest BCUT2D eigenvalue weighted by molar-refractivity contribution is 5.85. The molecular formula is C19H18N2O4. The van der Waals surface area contributed by atoms with Crippen LogP contribution in [0.5, 0.6) is 0 Å². The van der Waals surface area contributed by atoms with E-state index in [4.69, 9.17) is 9.26 Å². The van der Waals surface area contributed by atoms with Crippen LogP contribution in [0.2, 0.25) is 0 Å². The topological polar surface area (TPSA) is 81.4 Å². The van der Waals surface area contributed by atoms with Crippen molar-refractivity contribution in [2.24, 2.45) is 0 Å². The van der Waals surface area contributed by atoms with Crippen LogP contribution in [0.25, 0.3) is 11.0 Å². The lowest BCUT2D eigenvalue weighted by molar-refractivity contribution is -0.147. The second-order valence-corrected chi connectivity index (χ2v) is 5.55. The van der Waals surface area contributed by atoms with E-state index in [0.717, 1.165) is 17.4 Å². The number of para-hydroxylation sites is 1. The third kappa shape index (κ3) is 4.67. The predicted molar refractivity (Wildman–Crippen MR) is 91.8 cm³/mol. The molecule has 2 aromatic carbocycles. The number of esters is 1. The molecule has 6 nitrogen and oxygen atoms in total. The molecule has 0 saturated carbocycles. The first-order valence-corrected chi connectivity index (χ1v) is 8.02. The second-order valence-electron chi connectivity index (χ2n) is 5.55. The highest BCUT2D eigenvalue weighted by Gasteiger charge is 2.14. The summed E-state index contributed by atoms with van der Waals surface area (Å²) in [6.45, 7) is 0.192. The van der Waals surface area contributed by atoms with E-state index >= 15 is 0 Å². The van der Waals surface area contributed by atoms with Gasteiger partial charge in [-0.1, -0.05) is 47.6 Å². The van der Waals surface area contributed by atoms with Crippen molar-refractivity contribution >= 4 is 22.8 Å². The van der Waals surface area contributed by atoms with Gasteiger partial charge in [0.05, 0.1) is 6.42 Å². The third-order valence-electron chi connectivity index (χ3n) is 3.71. The Labute approximate surface area is 144 Å². The number of amides is 1. The average molecular weight is 338 g/mol. The molecule has 6 heteroatoms. The molecule has 0 bridgehead atoms. The normalized spacial score (nSPS) is 10.6. The Morgan fingerprint density at radius 2 is 1.80 bits per heavy atom. The van der Waals surface area contributed by atoms with Crippen LogP contribution in [0.4, 0.5) is 0 Å². The molecule has 1 aromatic heterocycles. The molecule has 0 atom stereocenters. The second kappa shape index (κ2) is 8.10. The first-order valence-electron chi connectivity index (χ1n) is 8.02. The Morgan fingerprint density at radius 3 is 2.64 bits per heavy atom. The summed E-state index contributed by atoms with van der Waals surface area (Å²) in [4.78, 5) is 23.6. The standard InChI is InChI=1S/C19H18N2O4/c22-18(20-11-10-14-6-2-1-3-7-14)13-24-19(23)12-16-15-8-4-5-9-17(15)25-21-16/h1-9H,10-13H2,(H,20,22). The quantitative estimate of drug-likeness (QED) is 0.668. The fourth-order valence-electron chi connectivity index (χ4n) is 2.44. The van der Waals surface area contributed by atoms with Gasteiger partial charge in [-0.05, 0) is 24.1 Å². The summed E-state index contributed by atoms with van der Waals surface area (Å²) in [6.07, 6.45) is 0.694. The zero-order valence-corrected chi connectivity index (χ0v) is 13.6. The largest absolute Gasteiger partial charge is 0.455 e. The smallest absolute Gasteiger partial charge is 0.312 e. The van der Waals surface area contributed by atoms with E-state index in [0.29, 0.717) is 17.8 Å². The van der Waals surface area contributed by atoms with Gasteiger partial charge in [-0.3, -0.25) is 9.59 Å².